The van der Waals surface area contributed by atoms with Gasteiger partial charge in [0.25, 0.3) is 0 Å². The third kappa shape index (κ3) is 4.73. The smallest absolute Gasteiger partial charge is 0.122 e. The zero-order valence-corrected chi connectivity index (χ0v) is 14.2. The Labute approximate surface area is 143 Å². The average Bonchev–Trinajstić information content (AvgIpc) is 2.66. The fourth-order valence-electron chi connectivity index (χ4n) is 2.87. The third-order valence-electron chi connectivity index (χ3n) is 4.22. The zero-order valence-electron chi connectivity index (χ0n) is 14.2. The van der Waals surface area contributed by atoms with Crippen LogP contribution in [0.2, 0.25) is 0 Å². The van der Waals surface area contributed by atoms with E-state index in [1.165, 1.54) is 11.1 Å². The fraction of sp³-hybridized carbons (Fsp3) is 0.400. The van der Waals surface area contributed by atoms with Gasteiger partial charge in [0, 0.05) is 13.1 Å². The molecule has 4 nitrogen and oxygen atoms in total. The first-order valence-corrected chi connectivity index (χ1v) is 8.51. The van der Waals surface area contributed by atoms with Crippen LogP contribution in [0.15, 0.2) is 48.5 Å². The van der Waals surface area contributed by atoms with Gasteiger partial charge in [0.2, 0.25) is 0 Å². The molecule has 1 fully saturated rings. The van der Waals surface area contributed by atoms with Crippen molar-refractivity contribution >= 4 is 0 Å². The first-order valence-electron chi connectivity index (χ1n) is 8.51. The molecular formula is C20H25NO3. The summed E-state index contributed by atoms with van der Waals surface area (Å²) in [6.45, 7) is 3.12. The maximum atomic E-state index is 6.02. The van der Waals surface area contributed by atoms with Gasteiger partial charge in [-0.3, -0.25) is 0 Å². The molecule has 3 rings (SSSR count). The second-order valence-electron chi connectivity index (χ2n) is 5.97. The summed E-state index contributed by atoms with van der Waals surface area (Å²) in [5.41, 5.74) is 2.49. The van der Waals surface area contributed by atoms with Crippen LogP contribution in [0.1, 0.15) is 11.1 Å². The highest BCUT2D eigenvalue weighted by Crippen LogP contribution is 2.22. The SMILES string of the molecule is COc1cccc(CCc2ccccc2OC[C@H]2CNCCO2)c1. The number of rotatable bonds is 7. The molecule has 4 heteroatoms. The molecule has 1 saturated heterocycles. The van der Waals surface area contributed by atoms with Crippen LogP contribution in [0.5, 0.6) is 11.5 Å². The Morgan fingerprint density at radius 2 is 2.04 bits per heavy atom. The van der Waals surface area contributed by atoms with Crippen LogP contribution in [0.3, 0.4) is 0 Å². The highest BCUT2D eigenvalue weighted by Gasteiger charge is 2.14. The number of aryl methyl sites for hydroxylation is 2. The summed E-state index contributed by atoms with van der Waals surface area (Å²) in [5, 5.41) is 3.33. The summed E-state index contributed by atoms with van der Waals surface area (Å²) >= 11 is 0. The summed E-state index contributed by atoms with van der Waals surface area (Å²) in [6.07, 6.45) is 2.02. The van der Waals surface area contributed by atoms with Crippen molar-refractivity contribution < 1.29 is 14.2 Å². The van der Waals surface area contributed by atoms with E-state index >= 15 is 0 Å². The predicted molar refractivity (Wildman–Crippen MR) is 94.9 cm³/mol. The summed E-state index contributed by atoms with van der Waals surface area (Å²) < 4.78 is 17.0. The molecule has 1 N–H and O–H groups in total. The summed E-state index contributed by atoms with van der Waals surface area (Å²) in [5.74, 6) is 1.86. The molecule has 1 aliphatic rings. The molecule has 2 aromatic rings. The van der Waals surface area contributed by atoms with Gasteiger partial charge in [-0.05, 0) is 42.2 Å². The Hall–Kier alpha value is -2.04. The van der Waals surface area contributed by atoms with Crippen LogP contribution in [-0.2, 0) is 17.6 Å². The number of morpholine rings is 1. The van der Waals surface area contributed by atoms with E-state index in [1.54, 1.807) is 7.11 Å². The molecule has 0 aliphatic carbocycles. The van der Waals surface area contributed by atoms with Crippen molar-refractivity contribution in [3.63, 3.8) is 0 Å². The van der Waals surface area contributed by atoms with E-state index in [9.17, 15) is 0 Å². The normalized spacial score (nSPS) is 17.5. The number of hydrogen-bond donors (Lipinski definition) is 1. The number of methoxy groups -OCH3 is 1. The highest BCUT2D eigenvalue weighted by molar-refractivity contribution is 5.35. The maximum absolute atomic E-state index is 6.02. The van der Waals surface area contributed by atoms with Gasteiger partial charge in [0.05, 0.1) is 13.7 Å². The number of nitrogens with one attached hydrogen (secondary N) is 1. The number of hydrogen-bond acceptors (Lipinski definition) is 4. The van der Waals surface area contributed by atoms with E-state index in [0.717, 1.165) is 44.0 Å². The van der Waals surface area contributed by atoms with Crippen molar-refractivity contribution in [2.24, 2.45) is 0 Å². The van der Waals surface area contributed by atoms with Crippen LogP contribution in [0.4, 0.5) is 0 Å². The van der Waals surface area contributed by atoms with E-state index in [0.29, 0.717) is 6.61 Å². The standard InChI is InChI=1S/C20H25NO3/c1-22-18-7-4-5-16(13-18)9-10-17-6-2-3-8-20(17)24-15-19-14-21-11-12-23-19/h2-8,13,19,21H,9-12,14-15H2,1H3/t19-/m1/s1. The lowest BCUT2D eigenvalue weighted by Gasteiger charge is -2.24. The fourth-order valence-corrected chi connectivity index (χ4v) is 2.87. The van der Waals surface area contributed by atoms with Gasteiger partial charge in [-0.2, -0.15) is 0 Å². The van der Waals surface area contributed by atoms with Crippen molar-refractivity contribution in [1.82, 2.24) is 5.32 Å². The molecule has 0 unspecified atom stereocenters. The van der Waals surface area contributed by atoms with Crippen LogP contribution in [0.25, 0.3) is 0 Å². The second-order valence-corrected chi connectivity index (χ2v) is 5.97. The van der Waals surface area contributed by atoms with Crippen molar-refractivity contribution in [1.29, 1.82) is 0 Å². The topological polar surface area (TPSA) is 39.7 Å². The van der Waals surface area contributed by atoms with Crippen molar-refractivity contribution in [2.75, 3.05) is 33.4 Å². The van der Waals surface area contributed by atoms with E-state index in [4.69, 9.17) is 14.2 Å². The van der Waals surface area contributed by atoms with Crippen LogP contribution < -0.4 is 14.8 Å². The van der Waals surface area contributed by atoms with E-state index in [-0.39, 0.29) is 6.10 Å². The molecule has 1 atom stereocenters. The molecule has 0 saturated carbocycles. The van der Waals surface area contributed by atoms with Crippen LogP contribution in [-0.4, -0.2) is 39.5 Å². The molecule has 1 aliphatic heterocycles. The average molecular weight is 327 g/mol. The minimum atomic E-state index is 0.130. The van der Waals surface area contributed by atoms with Crippen LogP contribution >= 0.6 is 0 Å². The Bertz CT molecular complexity index is 638. The van der Waals surface area contributed by atoms with Gasteiger partial charge >= 0.3 is 0 Å². The van der Waals surface area contributed by atoms with E-state index in [1.807, 2.05) is 24.3 Å². The molecule has 0 spiro atoms. The summed E-state index contributed by atoms with van der Waals surface area (Å²) in [4.78, 5) is 0. The first-order chi connectivity index (χ1) is 11.8. The van der Waals surface area contributed by atoms with E-state index < -0.39 is 0 Å². The second kappa shape index (κ2) is 8.71. The number of benzene rings is 2. The third-order valence-corrected chi connectivity index (χ3v) is 4.22. The Morgan fingerprint density at radius 3 is 2.88 bits per heavy atom. The van der Waals surface area contributed by atoms with Gasteiger partial charge in [-0.25, -0.2) is 0 Å². The van der Waals surface area contributed by atoms with Crippen molar-refractivity contribution in [3.8, 4) is 11.5 Å². The minimum Gasteiger partial charge on any atom is -0.497 e. The van der Waals surface area contributed by atoms with Gasteiger partial charge in [-0.1, -0.05) is 30.3 Å². The van der Waals surface area contributed by atoms with Crippen molar-refractivity contribution in [3.05, 3.63) is 59.7 Å². The molecule has 0 bridgehead atoms. The van der Waals surface area contributed by atoms with E-state index in [2.05, 4.69) is 29.6 Å². The van der Waals surface area contributed by atoms with Gasteiger partial charge in [-0.15, -0.1) is 0 Å². The summed E-state index contributed by atoms with van der Waals surface area (Å²) in [7, 11) is 1.70. The molecule has 0 radical (unpaired) electrons. The Balaban J connectivity index is 1.58. The molecule has 24 heavy (non-hydrogen) atoms. The maximum Gasteiger partial charge on any atom is 0.122 e. The first kappa shape index (κ1) is 16.8. The lowest BCUT2D eigenvalue weighted by atomic mass is 10.0. The molecule has 0 amide bonds. The largest absolute Gasteiger partial charge is 0.497 e. The molecule has 1 heterocycles. The lowest BCUT2D eigenvalue weighted by Crippen LogP contribution is -2.41. The van der Waals surface area contributed by atoms with Gasteiger partial charge in [0.1, 0.15) is 24.2 Å². The molecule has 2 aromatic carbocycles. The predicted octanol–water partition coefficient (Wildman–Crippen LogP) is 2.85. The van der Waals surface area contributed by atoms with Gasteiger partial charge in [0.15, 0.2) is 0 Å². The zero-order chi connectivity index (χ0) is 16.6. The molecule has 128 valence electrons. The molecule has 0 aromatic heterocycles. The minimum absolute atomic E-state index is 0.130. The highest BCUT2D eigenvalue weighted by atomic mass is 16.5. The summed E-state index contributed by atoms with van der Waals surface area (Å²) in [6, 6.07) is 16.5. The monoisotopic (exact) mass is 327 g/mol. The lowest BCUT2D eigenvalue weighted by molar-refractivity contribution is 0.0000137. The van der Waals surface area contributed by atoms with Crippen molar-refractivity contribution in [2.45, 2.75) is 18.9 Å². The number of para-hydroxylation sites is 1. The number of ether oxygens (including phenoxy) is 3. The van der Waals surface area contributed by atoms with Gasteiger partial charge < -0.3 is 19.5 Å². The quantitative estimate of drug-likeness (QED) is 0.849. The Kier molecular flexibility index (Phi) is 6.10. The van der Waals surface area contributed by atoms with Crippen LogP contribution in [0, 0.1) is 0 Å². The molecular weight excluding hydrogens is 302 g/mol. The Morgan fingerprint density at radius 1 is 1.12 bits per heavy atom.